The van der Waals surface area contributed by atoms with Gasteiger partial charge in [0.2, 0.25) is 0 Å². The zero-order chi connectivity index (χ0) is 13.1. The second-order valence-corrected chi connectivity index (χ2v) is 5.08. The van der Waals surface area contributed by atoms with E-state index >= 15 is 0 Å². The van der Waals surface area contributed by atoms with Crippen LogP contribution in [-0.2, 0) is 11.3 Å². The van der Waals surface area contributed by atoms with Gasteiger partial charge >= 0.3 is 5.97 Å². The zero-order valence-electron chi connectivity index (χ0n) is 11.4. The summed E-state index contributed by atoms with van der Waals surface area (Å²) in [5, 5.41) is 3.58. The van der Waals surface area contributed by atoms with E-state index in [1.807, 2.05) is 13.8 Å². The number of aryl methyl sites for hydroxylation is 1. The van der Waals surface area contributed by atoms with Crippen molar-refractivity contribution in [1.82, 2.24) is 10.3 Å². The van der Waals surface area contributed by atoms with Gasteiger partial charge in [0.15, 0.2) is 0 Å². The lowest BCUT2D eigenvalue weighted by atomic mass is 10.1. The molecule has 0 atom stereocenters. The summed E-state index contributed by atoms with van der Waals surface area (Å²) in [7, 11) is 1.41. The Hall–Kier alpha value is -1.29. The first-order valence-electron chi connectivity index (χ1n) is 6.63. The summed E-state index contributed by atoms with van der Waals surface area (Å²) in [5.74, 6) is -0.289. The van der Waals surface area contributed by atoms with Crippen LogP contribution in [-0.4, -0.2) is 24.1 Å². The summed E-state index contributed by atoms with van der Waals surface area (Å²) in [6, 6.07) is 0.639. The van der Waals surface area contributed by atoms with Crippen LogP contribution in [0, 0.1) is 13.8 Å². The number of carbonyl (C=O) groups excluding carboxylic acids is 1. The van der Waals surface area contributed by atoms with E-state index < -0.39 is 0 Å². The Morgan fingerprint density at radius 3 is 2.67 bits per heavy atom. The maximum Gasteiger partial charge on any atom is 0.354 e. The molecule has 0 aromatic carbocycles. The minimum atomic E-state index is -0.289. The van der Waals surface area contributed by atoms with Crippen molar-refractivity contribution in [2.45, 2.75) is 52.1 Å². The van der Waals surface area contributed by atoms with E-state index in [0.717, 1.165) is 17.8 Å². The number of methoxy groups -OCH3 is 1. The number of ether oxygens (including phenoxy) is 1. The number of aromatic amines is 1. The Balaban J connectivity index is 2.07. The molecule has 1 aliphatic rings. The number of nitrogens with one attached hydrogen (secondary N) is 2. The molecule has 4 nitrogen and oxygen atoms in total. The summed E-state index contributed by atoms with van der Waals surface area (Å²) in [4.78, 5) is 14.7. The molecule has 0 saturated heterocycles. The van der Waals surface area contributed by atoms with E-state index in [2.05, 4.69) is 10.3 Å². The SMILES string of the molecule is COC(=O)c1[nH]c(C)c(CNC2CCCC2)c1C. The fraction of sp³-hybridized carbons (Fsp3) is 0.643. The van der Waals surface area contributed by atoms with Gasteiger partial charge in [0.25, 0.3) is 0 Å². The van der Waals surface area contributed by atoms with Crippen LogP contribution >= 0.6 is 0 Å². The average molecular weight is 250 g/mol. The van der Waals surface area contributed by atoms with Crippen molar-refractivity contribution >= 4 is 5.97 Å². The molecule has 18 heavy (non-hydrogen) atoms. The smallest absolute Gasteiger partial charge is 0.354 e. The van der Waals surface area contributed by atoms with E-state index in [9.17, 15) is 4.79 Å². The van der Waals surface area contributed by atoms with Gasteiger partial charge in [-0.2, -0.15) is 0 Å². The molecule has 0 spiro atoms. The molecule has 0 bridgehead atoms. The molecule has 100 valence electrons. The number of H-pyrrole nitrogens is 1. The molecular formula is C14H22N2O2. The third-order valence-corrected chi connectivity index (χ3v) is 3.91. The molecule has 0 unspecified atom stereocenters. The summed E-state index contributed by atoms with van der Waals surface area (Å²) in [6.07, 6.45) is 5.20. The highest BCUT2D eigenvalue weighted by Gasteiger charge is 2.19. The van der Waals surface area contributed by atoms with Crippen molar-refractivity contribution in [3.8, 4) is 0 Å². The number of hydrogen-bond acceptors (Lipinski definition) is 3. The van der Waals surface area contributed by atoms with Crippen LogP contribution in [0.4, 0.5) is 0 Å². The predicted molar refractivity (Wildman–Crippen MR) is 70.7 cm³/mol. The van der Waals surface area contributed by atoms with Crippen molar-refractivity contribution in [3.63, 3.8) is 0 Å². The van der Waals surface area contributed by atoms with Crippen molar-refractivity contribution in [2.24, 2.45) is 0 Å². The van der Waals surface area contributed by atoms with Crippen LogP contribution in [0.3, 0.4) is 0 Å². The Labute approximate surface area is 108 Å². The van der Waals surface area contributed by atoms with Gasteiger partial charge in [-0.1, -0.05) is 12.8 Å². The van der Waals surface area contributed by atoms with E-state index in [4.69, 9.17) is 4.74 Å². The molecule has 2 N–H and O–H groups in total. The number of esters is 1. The Bertz CT molecular complexity index is 431. The summed E-state index contributed by atoms with van der Waals surface area (Å²) < 4.78 is 4.77. The minimum absolute atomic E-state index is 0.289. The molecule has 1 fully saturated rings. The van der Waals surface area contributed by atoms with Crippen LogP contribution in [0.15, 0.2) is 0 Å². The minimum Gasteiger partial charge on any atom is -0.464 e. The van der Waals surface area contributed by atoms with Crippen LogP contribution in [0.1, 0.15) is 53.0 Å². The Kier molecular flexibility index (Phi) is 4.07. The third-order valence-electron chi connectivity index (χ3n) is 3.91. The van der Waals surface area contributed by atoms with E-state index in [1.165, 1.54) is 38.4 Å². The highest BCUT2D eigenvalue weighted by Crippen LogP contribution is 2.21. The number of aromatic nitrogens is 1. The van der Waals surface area contributed by atoms with Gasteiger partial charge in [-0.05, 0) is 37.8 Å². The fourth-order valence-corrected chi connectivity index (χ4v) is 2.74. The van der Waals surface area contributed by atoms with Crippen molar-refractivity contribution in [3.05, 3.63) is 22.5 Å². The predicted octanol–water partition coefficient (Wildman–Crippen LogP) is 2.45. The molecular weight excluding hydrogens is 228 g/mol. The molecule has 2 rings (SSSR count). The van der Waals surface area contributed by atoms with Crippen LogP contribution in [0.25, 0.3) is 0 Å². The number of hydrogen-bond donors (Lipinski definition) is 2. The lowest BCUT2D eigenvalue weighted by Gasteiger charge is -2.12. The van der Waals surface area contributed by atoms with Crippen LogP contribution in [0.2, 0.25) is 0 Å². The third kappa shape index (κ3) is 2.58. The summed E-state index contributed by atoms with van der Waals surface area (Å²) in [5.41, 5.74) is 3.84. The standard InChI is InChI=1S/C14H22N2O2/c1-9-12(8-15-11-6-4-5-7-11)10(2)16-13(9)14(17)18-3/h11,15-16H,4-8H2,1-3H3. The van der Waals surface area contributed by atoms with Crippen molar-refractivity contribution < 1.29 is 9.53 Å². The normalized spacial score (nSPS) is 16.2. The highest BCUT2D eigenvalue weighted by molar-refractivity contribution is 5.89. The first-order valence-corrected chi connectivity index (χ1v) is 6.63. The molecule has 1 saturated carbocycles. The monoisotopic (exact) mass is 250 g/mol. The van der Waals surface area contributed by atoms with E-state index in [-0.39, 0.29) is 5.97 Å². The highest BCUT2D eigenvalue weighted by atomic mass is 16.5. The lowest BCUT2D eigenvalue weighted by Crippen LogP contribution is -2.25. The van der Waals surface area contributed by atoms with E-state index in [0.29, 0.717) is 11.7 Å². The summed E-state index contributed by atoms with van der Waals surface area (Å²) in [6.45, 7) is 4.81. The van der Waals surface area contributed by atoms with Gasteiger partial charge in [-0.3, -0.25) is 0 Å². The first kappa shape index (κ1) is 13.1. The lowest BCUT2D eigenvalue weighted by molar-refractivity contribution is 0.0594. The topological polar surface area (TPSA) is 54.1 Å². The average Bonchev–Trinajstić information content (AvgIpc) is 2.96. The van der Waals surface area contributed by atoms with Gasteiger partial charge in [-0.15, -0.1) is 0 Å². The second-order valence-electron chi connectivity index (χ2n) is 5.08. The maximum atomic E-state index is 11.6. The van der Waals surface area contributed by atoms with Crippen molar-refractivity contribution in [2.75, 3.05) is 7.11 Å². The van der Waals surface area contributed by atoms with Crippen molar-refractivity contribution in [1.29, 1.82) is 0 Å². The first-order chi connectivity index (χ1) is 8.63. The largest absolute Gasteiger partial charge is 0.464 e. The number of rotatable bonds is 4. The van der Waals surface area contributed by atoms with Crippen LogP contribution < -0.4 is 5.32 Å². The zero-order valence-corrected chi connectivity index (χ0v) is 11.4. The molecule has 1 aromatic heterocycles. The van der Waals surface area contributed by atoms with Gasteiger partial charge < -0.3 is 15.0 Å². The van der Waals surface area contributed by atoms with Crippen LogP contribution in [0.5, 0.6) is 0 Å². The molecule has 0 amide bonds. The van der Waals surface area contributed by atoms with Gasteiger partial charge in [0.05, 0.1) is 7.11 Å². The van der Waals surface area contributed by atoms with Gasteiger partial charge in [0.1, 0.15) is 5.69 Å². The van der Waals surface area contributed by atoms with E-state index in [1.54, 1.807) is 0 Å². The fourth-order valence-electron chi connectivity index (χ4n) is 2.74. The summed E-state index contributed by atoms with van der Waals surface area (Å²) >= 11 is 0. The Morgan fingerprint density at radius 1 is 1.39 bits per heavy atom. The van der Waals surface area contributed by atoms with Gasteiger partial charge in [-0.25, -0.2) is 4.79 Å². The number of carbonyl (C=O) groups is 1. The molecule has 1 aromatic rings. The molecule has 1 aliphatic carbocycles. The molecule has 4 heteroatoms. The second kappa shape index (κ2) is 5.57. The molecule has 0 radical (unpaired) electrons. The quantitative estimate of drug-likeness (QED) is 0.807. The Morgan fingerprint density at radius 2 is 2.06 bits per heavy atom. The molecule has 1 heterocycles. The molecule has 0 aliphatic heterocycles. The maximum absolute atomic E-state index is 11.6. The van der Waals surface area contributed by atoms with Gasteiger partial charge in [0, 0.05) is 18.3 Å².